The lowest BCUT2D eigenvalue weighted by molar-refractivity contribution is -0.347. The molecule has 0 spiro atoms. The molecule has 0 aliphatic heterocycles. The zero-order valence-electron chi connectivity index (χ0n) is 25.6. The molecule has 10 heteroatoms. The third-order valence-corrected chi connectivity index (χ3v) is 10.4. The van der Waals surface area contributed by atoms with E-state index in [0.717, 1.165) is 38.2 Å². The lowest BCUT2D eigenvalue weighted by atomic mass is 9.55. The molecule has 3 saturated carbocycles. The first-order valence-corrected chi connectivity index (χ1v) is 15.2. The van der Waals surface area contributed by atoms with E-state index < -0.39 is 41.2 Å². The summed E-state index contributed by atoms with van der Waals surface area (Å²) in [4.78, 5) is 0. The van der Waals surface area contributed by atoms with Crippen molar-refractivity contribution in [2.45, 2.75) is 134 Å². The molecule has 0 saturated heterocycles. The minimum absolute atomic E-state index is 0.0267. The Morgan fingerprint density at radius 1 is 0.977 bits per heavy atom. The van der Waals surface area contributed by atoms with Crippen molar-refractivity contribution in [3.8, 4) is 0 Å². The van der Waals surface area contributed by atoms with Crippen LogP contribution in [0.3, 0.4) is 0 Å². The van der Waals surface area contributed by atoms with Crippen molar-refractivity contribution >= 4 is 0 Å². The van der Waals surface area contributed by atoms with Crippen molar-refractivity contribution in [1.82, 2.24) is 0 Å². The van der Waals surface area contributed by atoms with Crippen LogP contribution in [0.5, 0.6) is 0 Å². The fourth-order valence-corrected chi connectivity index (χ4v) is 8.01. The number of rotatable bonds is 9. The molecule has 0 amide bonds. The molecule has 0 aromatic rings. The van der Waals surface area contributed by atoms with Gasteiger partial charge < -0.3 is 15.3 Å². The number of alkyl halides is 7. The Bertz CT molecular complexity index is 1080. The number of allylic oxidation sites excluding steroid dienone is 5. The van der Waals surface area contributed by atoms with Gasteiger partial charge in [0.05, 0.1) is 11.7 Å². The van der Waals surface area contributed by atoms with Gasteiger partial charge in [0.25, 0.3) is 5.60 Å². The molecule has 0 heterocycles. The molecule has 246 valence electrons. The van der Waals surface area contributed by atoms with Gasteiger partial charge >= 0.3 is 12.4 Å². The molecule has 0 aromatic carbocycles. The molecule has 3 nitrogen and oxygen atoms in total. The van der Waals surface area contributed by atoms with E-state index in [-0.39, 0.29) is 36.2 Å². The molecule has 3 N–H and O–H groups in total. The van der Waals surface area contributed by atoms with E-state index in [0.29, 0.717) is 36.8 Å². The third kappa shape index (κ3) is 7.78. The van der Waals surface area contributed by atoms with Crippen LogP contribution in [0.1, 0.15) is 98.3 Å². The molecule has 43 heavy (non-hydrogen) atoms. The van der Waals surface area contributed by atoms with Crippen molar-refractivity contribution in [2.24, 2.45) is 22.7 Å². The van der Waals surface area contributed by atoms with Gasteiger partial charge in [0, 0.05) is 6.42 Å². The van der Waals surface area contributed by atoms with Gasteiger partial charge in [0.15, 0.2) is 0 Å². The number of aliphatic hydroxyl groups is 3. The van der Waals surface area contributed by atoms with E-state index in [4.69, 9.17) is 0 Å². The standard InChI is InChI=1S/C33H47F7O3/c1-21-23(19-24(41)20-26(21)34)11-10-22-9-6-17-30(5)25(22)12-13-27(30)29(4,15-7-14-28(2,3)42)16-8-18-31(43,32(35,36)37)33(38,39)40/h8,10-11,18,24-27,41-43H,1,6-7,9,12-17,19-20H2,2-5H3/b18-8+,22-10+,23-11-/t24-,25?,26+,27?,29?,30+/m1/s1. The van der Waals surface area contributed by atoms with Crippen LogP contribution in [0, 0.1) is 22.7 Å². The maximum absolute atomic E-state index is 14.3. The van der Waals surface area contributed by atoms with Crippen LogP contribution in [-0.2, 0) is 0 Å². The molecule has 3 rings (SSSR count). The van der Waals surface area contributed by atoms with Gasteiger partial charge in [-0.2, -0.15) is 26.3 Å². The van der Waals surface area contributed by atoms with Crippen LogP contribution in [-0.4, -0.2) is 51.1 Å². The van der Waals surface area contributed by atoms with E-state index in [1.807, 2.05) is 19.1 Å². The largest absolute Gasteiger partial charge is 0.429 e. The summed E-state index contributed by atoms with van der Waals surface area (Å²) in [5.74, 6) is 0.0882. The van der Waals surface area contributed by atoms with Crippen LogP contribution in [0.15, 0.2) is 47.6 Å². The summed E-state index contributed by atoms with van der Waals surface area (Å²) in [6.07, 6.45) is -3.71. The normalized spacial score (nSPS) is 32.9. The second-order valence-electron chi connectivity index (χ2n) is 14.3. The summed E-state index contributed by atoms with van der Waals surface area (Å²) in [6.45, 7) is 11.2. The Labute approximate surface area is 250 Å². The third-order valence-electron chi connectivity index (χ3n) is 10.4. The fraction of sp³-hybridized carbons (Fsp3) is 0.758. The van der Waals surface area contributed by atoms with Crippen LogP contribution >= 0.6 is 0 Å². The molecule has 6 atom stereocenters. The Morgan fingerprint density at radius 2 is 1.60 bits per heavy atom. The number of fused-ring (bicyclic) bond motifs is 1. The van der Waals surface area contributed by atoms with Crippen LogP contribution in [0.25, 0.3) is 0 Å². The summed E-state index contributed by atoms with van der Waals surface area (Å²) < 4.78 is 94.4. The summed E-state index contributed by atoms with van der Waals surface area (Å²) in [7, 11) is 0. The second kappa shape index (κ2) is 12.6. The SMILES string of the molecule is C=C1/C(=C\C=C2/CCC[C@@]3(C)C2CCC3C(C)(C/C=C/C(O)(C(F)(F)F)C(F)(F)F)CCCC(C)(C)O)C[C@@H](O)C[C@@H]1F. The number of halogens is 7. The van der Waals surface area contributed by atoms with Crippen LogP contribution in [0.4, 0.5) is 30.7 Å². The highest BCUT2D eigenvalue weighted by atomic mass is 19.4. The van der Waals surface area contributed by atoms with Crippen molar-refractivity contribution in [3.63, 3.8) is 0 Å². The van der Waals surface area contributed by atoms with Crippen molar-refractivity contribution in [2.75, 3.05) is 0 Å². The highest BCUT2D eigenvalue weighted by Crippen LogP contribution is 2.64. The minimum Gasteiger partial charge on any atom is -0.393 e. The molecule has 0 bridgehead atoms. The topological polar surface area (TPSA) is 60.7 Å². The Balaban J connectivity index is 1.93. The Kier molecular flexibility index (Phi) is 10.5. The van der Waals surface area contributed by atoms with Crippen LogP contribution in [0.2, 0.25) is 0 Å². The lowest BCUT2D eigenvalue weighted by Gasteiger charge is -2.49. The molecule has 3 aliphatic carbocycles. The van der Waals surface area contributed by atoms with E-state index in [2.05, 4.69) is 13.5 Å². The average molecular weight is 625 g/mol. The molecule has 3 aliphatic rings. The second-order valence-corrected chi connectivity index (χ2v) is 14.3. The van der Waals surface area contributed by atoms with E-state index in [9.17, 15) is 46.1 Å². The number of hydrogen-bond acceptors (Lipinski definition) is 3. The summed E-state index contributed by atoms with van der Waals surface area (Å²) >= 11 is 0. The number of hydrogen-bond donors (Lipinski definition) is 3. The summed E-state index contributed by atoms with van der Waals surface area (Å²) in [6, 6.07) is 0. The zero-order valence-corrected chi connectivity index (χ0v) is 25.6. The maximum atomic E-state index is 14.3. The predicted molar refractivity (Wildman–Crippen MR) is 153 cm³/mol. The van der Waals surface area contributed by atoms with Crippen molar-refractivity contribution in [1.29, 1.82) is 0 Å². The van der Waals surface area contributed by atoms with Crippen molar-refractivity contribution in [3.05, 3.63) is 47.6 Å². The Hall–Kier alpha value is -1.65. The van der Waals surface area contributed by atoms with E-state index in [1.54, 1.807) is 13.8 Å². The predicted octanol–water partition coefficient (Wildman–Crippen LogP) is 8.85. The smallest absolute Gasteiger partial charge is 0.393 e. The Morgan fingerprint density at radius 3 is 2.19 bits per heavy atom. The molecule has 0 radical (unpaired) electrons. The van der Waals surface area contributed by atoms with Crippen LogP contribution < -0.4 is 0 Å². The first-order chi connectivity index (χ1) is 19.5. The van der Waals surface area contributed by atoms with E-state index in [1.165, 1.54) is 5.57 Å². The lowest BCUT2D eigenvalue weighted by Crippen LogP contribution is -2.55. The first-order valence-electron chi connectivity index (χ1n) is 15.2. The molecule has 3 unspecified atom stereocenters. The number of aliphatic hydroxyl groups excluding tert-OH is 1. The fourth-order valence-electron chi connectivity index (χ4n) is 8.01. The highest BCUT2D eigenvalue weighted by Gasteiger charge is 2.69. The quantitative estimate of drug-likeness (QED) is 0.177. The summed E-state index contributed by atoms with van der Waals surface area (Å²) in [5, 5.41) is 30.0. The average Bonchev–Trinajstić information content (AvgIpc) is 3.21. The van der Waals surface area contributed by atoms with Gasteiger partial charge in [-0.25, -0.2) is 4.39 Å². The highest BCUT2D eigenvalue weighted by molar-refractivity contribution is 5.39. The van der Waals surface area contributed by atoms with Gasteiger partial charge in [0.2, 0.25) is 0 Å². The molecular formula is C33H47F7O3. The van der Waals surface area contributed by atoms with Gasteiger partial charge in [-0.1, -0.05) is 50.6 Å². The van der Waals surface area contributed by atoms with Gasteiger partial charge in [0.1, 0.15) is 6.17 Å². The minimum atomic E-state index is -5.93. The van der Waals surface area contributed by atoms with Gasteiger partial charge in [-0.15, -0.1) is 0 Å². The summed E-state index contributed by atoms with van der Waals surface area (Å²) in [5.41, 5.74) is -4.69. The zero-order chi connectivity index (χ0) is 32.6. The van der Waals surface area contributed by atoms with Gasteiger partial charge in [-0.05, 0) is 112 Å². The van der Waals surface area contributed by atoms with Gasteiger partial charge in [-0.3, -0.25) is 0 Å². The van der Waals surface area contributed by atoms with E-state index >= 15 is 0 Å². The molecule has 3 fully saturated rings. The molecular weight excluding hydrogens is 577 g/mol. The maximum Gasteiger partial charge on any atom is 0.429 e. The van der Waals surface area contributed by atoms with Crippen molar-refractivity contribution < 1.29 is 46.1 Å². The first kappa shape index (κ1) is 35.8. The molecule has 0 aromatic heterocycles. The monoisotopic (exact) mass is 624 g/mol.